The number of nitrogens with one attached hydrogen (secondary N) is 3. The van der Waals surface area contributed by atoms with Gasteiger partial charge in [0, 0.05) is 28.4 Å². The van der Waals surface area contributed by atoms with Crippen molar-refractivity contribution in [1.82, 2.24) is 0 Å². The van der Waals surface area contributed by atoms with Gasteiger partial charge < -0.3 is 21.1 Å². The summed E-state index contributed by atoms with van der Waals surface area (Å²) < 4.78 is 97.6. The molecule has 0 heterocycles. The fraction of sp³-hybridized carbons (Fsp3) is 0.0270. The molecule has 0 aliphatic carbocycles. The van der Waals surface area contributed by atoms with E-state index in [0.717, 1.165) is 0 Å². The maximum atomic E-state index is 12.6. The second kappa shape index (κ2) is 14.4. The van der Waals surface area contributed by atoms with Gasteiger partial charge in [0.15, 0.2) is 0 Å². The van der Waals surface area contributed by atoms with Crippen molar-refractivity contribution in [1.29, 1.82) is 0 Å². The molecular formula is C37H31N3O10S3. The van der Waals surface area contributed by atoms with Crippen molar-refractivity contribution in [3.8, 4) is 0 Å². The lowest BCUT2D eigenvalue weighted by molar-refractivity contribution is 0.126. The van der Waals surface area contributed by atoms with Gasteiger partial charge in [-0.15, -0.1) is 0 Å². The molecule has 6 aromatic carbocycles. The third-order valence-corrected chi connectivity index (χ3v) is 10.9. The summed E-state index contributed by atoms with van der Waals surface area (Å²) in [6.07, 6.45) is 0. The van der Waals surface area contributed by atoms with Gasteiger partial charge in [-0.05, 0) is 114 Å². The van der Waals surface area contributed by atoms with E-state index in [4.69, 9.17) is 0 Å². The minimum atomic E-state index is -4.50. The van der Waals surface area contributed by atoms with E-state index in [0.29, 0.717) is 45.1 Å². The molecule has 0 unspecified atom stereocenters. The van der Waals surface area contributed by atoms with E-state index in [2.05, 4.69) is 16.0 Å². The fourth-order valence-corrected chi connectivity index (χ4v) is 7.20. The predicted molar refractivity (Wildman–Crippen MR) is 200 cm³/mol. The van der Waals surface area contributed by atoms with Crippen LogP contribution in [0.2, 0.25) is 0 Å². The van der Waals surface area contributed by atoms with Crippen LogP contribution in [0.25, 0.3) is 0 Å². The molecule has 7 N–H and O–H groups in total. The number of aliphatic hydroxyl groups is 1. The minimum absolute atomic E-state index is 0.157. The molecule has 0 aliphatic rings. The van der Waals surface area contributed by atoms with E-state index in [1.165, 1.54) is 66.7 Å². The molecule has 0 atom stereocenters. The van der Waals surface area contributed by atoms with Gasteiger partial charge in [0.1, 0.15) is 10.5 Å². The highest BCUT2D eigenvalue weighted by Crippen LogP contribution is 2.39. The molecule has 0 fully saturated rings. The predicted octanol–water partition coefficient (Wildman–Crippen LogP) is 6.94. The van der Waals surface area contributed by atoms with Gasteiger partial charge in [-0.25, -0.2) is 0 Å². The largest absolute Gasteiger partial charge is 0.376 e. The number of hydrogen-bond acceptors (Lipinski definition) is 10. The van der Waals surface area contributed by atoms with Crippen LogP contribution in [0.1, 0.15) is 16.7 Å². The monoisotopic (exact) mass is 773 g/mol. The van der Waals surface area contributed by atoms with Crippen LogP contribution in [-0.4, -0.2) is 44.0 Å². The minimum Gasteiger partial charge on any atom is -0.376 e. The van der Waals surface area contributed by atoms with Crippen LogP contribution in [0.3, 0.4) is 0 Å². The van der Waals surface area contributed by atoms with Crippen LogP contribution in [0.5, 0.6) is 0 Å². The van der Waals surface area contributed by atoms with Gasteiger partial charge in [-0.3, -0.25) is 13.7 Å². The highest BCUT2D eigenvalue weighted by atomic mass is 32.2. The molecule has 13 nitrogen and oxygen atoms in total. The Balaban J connectivity index is 1.32. The Morgan fingerprint density at radius 1 is 0.377 bits per heavy atom. The Morgan fingerprint density at radius 3 is 1.00 bits per heavy atom. The summed E-state index contributed by atoms with van der Waals surface area (Å²) in [6, 6.07) is 37.3. The van der Waals surface area contributed by atoms with Crippen LogP contribution in [0, 0.1) is 0 Å². The summed E-state index contributed by atoms with van der Waals surface area (Å²) in [6.45, 7) is 0. The Hall–Kier alpha value is -5.59. The SMILES string of the molecule is O=S(=O)(O)c1ccc(Nc2ccc(C(O)(c3ccc(Nc4ccc(S(=O)(=O)O)cc4)cc3)c3ccc(Nc4ccccc4S(=O)(=O)O)cc3)cc2)cc1. The molecule has 6 rings (SSSR count). The van der Waals surface area contributed by atoms with Crippen molar-refractivity contribution >= 4 is 64.5 Å². The Labute approximate surface area is 305 Å². The first kappa shape index (κ1) is 37.2. The van der Waals surface area contributed by atoms with Crippen molar-refractivity contribution in [2.75, 3.05) is 16.0 Å². The van der Waals surface area contributed by atoms with Gasteiger partial charge >= 0.3 is 0 Å². The zero-order valence-electron chi connectivity index (χ0n) is 27.3. The Kier molecular flexibility index (Phi) is 10.1. The summed E-state index contributed by atoms with van der Waals surface area (Å²) in [7, 11) is -13.2. The highest BCUT2D eigenvalue weighted by Gasteiger charge is 2.34. The average Bonchev–Trinajstić information content (AvgIpc) is 3.12. The van der Waals surface area contributed by atoms with Gasteiger partial charge in [-0.2, -0.15) is 25.3 Å². The lowest BCUT2D eigenvalue weighted by Gasteiger charge is -2.31. The highest BCUT2D eigenvalue weighted by molar-refractivity contribution is 7.86. The van der Waals surface area contributed by atoms with Crippen LogP contribution >= 0.6 is 0 Å². The molecule has 0 amide bonds. The summed E-state index contributed by atoms with van der Waals surface area (Å²) in [4.78, 5) is -0.793. The number of rotatable bonds is 12. The first-order valence-corrected chi connectivity index (χ1v) is 19.9. The standard InChI is InChI=1S/C37H31N3O10S3/c41-37(25-5-11-28(12-6-25)38-30-17-21-33(22-18-30)51(42,43)44,26-7-13-29(14-8-26)39-31-19-23-34(24-20-31)52(45,46)47)27-9-15-32(16-10-27)40-35-3-1-2-4-36(35)53(48,49)50/h1-24,38-41H,(H,42,43,44)(H,45,46,47)(H,48,49,50). The molecule has 0 aliphatic heterocycles. The van der Waals surface area contributed by atoms with E-state index in [1.807, 2.05) is 0 Å². The van der Waals surface area contributed by atoms with Crippen LogP contribution in [0.4, 0.5) is 34.1 Å². The van der Waals surface area contributed by atoms with Crippen molar-refractivity contribution < 1.29 is 44.0 Å². The second-order valence-electron chi connectivity index (χ2n) is 11.8. The molecule has 0 saturated heterocycles. The van der Waals surface area contributed by atoms with Crippen LogP contribution in [0.15, 0.2) is 160 Å². The Morgan fingerprint density at radius 2 is 0.679 bits per heavy atom. The third kappa shape index (κ3) is 8.56. The molecule has 0 saturated carbocycles. The van der Waals surface area contributed by atoms with E-state index in [9.17, 15) is 44.0 Å². The maximum Gasteiger partial charge on any atom is 0.296 e. The topological polar surface area (TPSA) is 219 Å². The molecule has 6 aromatic rings. The van der Waals surface area contributed by atoms with E-state index >= 15 is 0 Å². The molecule has 0 aromatic heterocycles. The van der Waals surface area contributed by atoms with Gasteiger partial charge in [0.2, 0.25) is 0 Å². The molecule has 16 heteroatoms. The summed E-state index contributed by atoms with van der Waals surface area (Å²) in [5.74, 6) is 0. The normalized spacial score (nSPS) is 12.2. The summed E-state index contributed by atoms with van der Waals surface area (Å²) in [5, 5.41) is 21.9. The van der Waals surface area contributed by atoms with Crippen molar-refractivity contribution in [3.05, 3.63) is 162 Å². The van der Waals surface area contributed by atoms with Crippen LogP contribution in [-0.2, 0) is 36.0 Å². The van der Waals surface area contributed by atoms with Crippen molar-refractivity contribution in [3.63, 3.8) is 0 Å². The summed E-state index contributed by atoms with van der Waals surface area (Å²) >= 11 is 0. The average molecular weight is 774 g/mol. The third-order valence-electron chi connectivity index (χ3n) is 8.23. The fourth-order valence-electron chi connectivity index (χ4n) is 5.59. The number of anilines is 6. The van der Waals surface area contributed by atoms with Gasteiger partial charge in [0.05, 0.1) is 15.5 Å². The molecule has 53 heavy (non-hydrogen) atoms. The lowest BCUT2D eigenvalue weighted by atomic mass is 9.80. The number of para-hydroxylation sites is 1. The van der Waals surface area contributed by atoms with Crippen LogP contribution < -0.4 is 16.0 Å². The first-order valence-electron chi connectivity index (χ1n) is 15.6. The molecule has 272 valence electrons. The lowest BCUT2D eigenvalue weighted by Crippen LogP contribution is -2.28. The molecule has 0 bridgehead atoms. The molecule has 0 spiro atoms. The van der Waals surface area contributed by atoms with E-state index in [-0.39, 0.29) is 20.4 Å². The van der Waals surface area contributed by atoms with E-state index < -0.39 is 36.0 Å². The maximum absolute atomic E-state index is 12.6. The number of benzene rings is 6. The Bertz CT molecular complexity index is 2460. The molecule has 0 radical (unpaired) electrons. The van der Waals surface area contributed by atoms with Gasteiger partial charge in [0.25, 0.3) is 30.4 Å². The quantitative estimate of drug-likeness (QED) is 0.0496. The second-order valence-corrected chi connectivity index (χ2v) is 16.0. The molecular weight excluding hydrogens is 743 g/mol. The smallest absolute Gasteiger partial charge is 0.296 e. The van der Waals surface area contributed by atoms with Crippen molar-refractivity contribution in [2.45, 2.75) is 20.3 Å². The zero-order valence-corrected chi connectivity index (χ0v) is 29.8. The first-order chi connectivity index (χ1) is 25.0. The van der Waals surface area contributed by atoms with Crippen molar-refractivity contribution in [2.24, 2.45) is 0 Å². The number of hydrogen-bond donors (Lipinski definition) is 7. The zero-order chi connectivity index (χ0) is 38.0. The summed E-state index contributed by atoms with van der Waals surface area (Å²) in [5.41, 5.74) is 2.65. The van der Waals surface area contributed by atoms with Gasteiger partial charge in [-0.1, -0.05) is 48.5 Å². The van der Waals surface area contributed by atoms with E-state index in [1.54, 1.807) is 78.9 Å².